The summed E-state index contributed by atoms with van der Waals surface area (Å²) in [5.74, 6) is 0.861. The summed E-state index contributed by atoms with van der Waals surface area (Å²) in [4.78, 5) is 16.7. The number of nitrogens with zero attached hydrogens (tertiary/aromatic N) is 2. The number of rotatable bonds is 4. The van der Waals surface area contributed by atoms with E-state index in [4.69, 9.17) is 4.74 Å². The summed E-state index contributed by atoms with van der Waals surface area (Å²) >= 11 is 0. The number of carbonyl (C=O) groups excluding carboxylic acids is 1. The molecule has 2 amide bonds. The van der Waals surface area contributed by atoms with Crippen LogP contribution in [0.5, 0.6) is 5.75 Å². The molecule has 0 atom stereocenters. The Hall–Kier alpha value is -2.69. The quantitative estimate of drug-likeness (QED) is 0.811. The smallest absolute Gasteiger partial charge is 0.320 e. The third-order valence-corrected chi connectivity index (χ3v) is 5.80. The van der Waals surface area contributed by atoms with Gasteiger partial charge >= 0.3 is 6.03 Å². The summed E-state index contributed by atoms with van der Waals surface area (Å²) in [5.41, 5.74) is 7.29. The number of piperazine rings is 1. The Kier molecular flexibility index (Phi) is 6.12. The van der Waals surface area contributed by atoms with E-state index in [2.05, 4.69) is 55.3 Å². The van der Waals surface area contributed by atoms with Crippen LogP contribution in [0.4, 0.5) is 10.5 Å². The zero-order valence-electron chi connectivity index (χ0n) is 17.6. The average molecular weight is 382 g/mol. The Balaban J connectivity index is 1.51. The van der Waals surface area contributed by atoms with Gasteiger partial charge in [-0.3, -0.25) is 0 Å². The molecule has 1 aliphatic rings. The Bertz CT molecular complexity index is 855. The topological polar surface area (TPSA) is 44.8 Å². The predicted molar refractivity (Wildman–Crippen MR) is 114 cm³/mol. The van der Waals surface area contributed by atoms with Crippen molar-refractivity contribution in [2.45, 2.75) is 34.6 Å². The molecular weight excluding hydrogens is 350 g/mol. The van der Waals surface area contributed by atoms with Gasteiger partial charge in [-0.2, -0.15) is 0 Å². The van der Waals surface area contributed by atoms with Crippen molar-refractivity contribution >= 4 is 11.7 Å². The number of amides is 2. The Morgan fingerprint density at radius 2 is 1.54 bits per heavy atom. The maximum atomic E-state index is 12.5. The van der Waals surface area contributed by atoms with Gasteiger partial charge in [-0.1, -0.05) is 24.3 Å². The molecule has 0 saturated carbocycles. The lowest BCUT2D eigenvalue weighted by atomic mass is 10.1. The van der Waals surface area contributed by atoms with E-state index in [0.717, 1.165) is 30.0 Å². The lowest BCUT2D eigenvalue weighted by Crippen LogP contribution is -2.52. The number of nitrogens with one attached hydrogen (secondary N) is 1. The Labute approximate surface area is 168 Å². The highest BCUT2D eigenvalue weighted by atomic mass is 16.5. The first-order valence-corrected chi connectivity index (χ1v) is 9.92. The van der Waals surface area contributed by atoms with Crippen LogP contribution in [-0.4, -0.2) is 43.8 Å². The van der Waals surface area contributed by atoms with E-state index in [1.165, 1.54) is 22.4 Å². The van der Waals surface area contributed by atoms with E-state index in [0.29, 0.717) is 13.1 Å². The normalized spacial score (nSPS) is 14.2. The van der Waals surface area contributed by atoms with E-state index >= 15 is 0 Å². The van der Waals surface area contributed by atoms with Crippen LogP contribution < -0.4 is 15.0 Å². The van der Waals surface area contributed by atoms with Gasteiger partial charge in [0.15, 0.2) is 6.73 Å². The number of hydrogen-bond donors (Lipinski definition) is 1. The third-order valence-electron chi connectivity index (χ3n) is 5.80. The molecule has 0 aromatic heterocycles. The Morgan fingerprint density at radius 3 is 2.25 bits per heavy atom. The fourth-order valence-electron chi connectivity index (χ4n) is 3.66. The molecule has 5 nitrogen and oxygen atoms in total. The maximum Gasteiger partial charge on any atom is 0.320 e. The number of urea groups is 1. The first kappa shape index (κ1) is 20.1. The van der Waals surface area contributed by atoms with Gasteiger partial charge in [0.25, 0.3) is 0 Å². The fourth-order valence-corrected chi connectivity index (χ4v) is 3.66. The van der Waals surface area contributed by atoms with E-state index in [1.54, 1.807) is 0 Å². The van der Waals surface area contributed by atoms with Gasteiger partial charge < -0.3 is 19.9 Å². The highest BCUT2D eigenvalue weighted by Crippen LogP contribution is 2.26. The SMILES string of the molecule is Cc1cccc(N2CCN(C(=O)NCOc3c(C)ccc(C)c3C)CC2)c1C. The minimum atomic E-state index is -0.0661. The molecule has 1 N–H and O–H groups in total. The van der Waals surface area contributed by atoms with Gasteiger partial charge in [-0.05, 0) is 68.5 Å². The van der Waals surface area contributed by atoms with E-state index < -0.39 is 0 Å². The van der Waals surface area contributed by atoms with Crippen LogP contribution in [0.2, 0.25) is 0 Å². The van der Waals surface area contributed by atoms with Crippen molar-refractivity contribution in [3.63, 3.8) is 0 Å². The van der Waals surface area contributed by atoms with Gasteiger partial charge in [0.05, 0.1) is 0 Å². The summed E-state index contributed by atoms with van der Waals surface area (Å²) in [6.45, 7) is 13.7. The van der Waals surface area contributed by atoms with Crippen LogP contribution >= 0.6 is 0 Å². The van der Waals surface area contributed by atoms with Crippen molar-refractivity contribution in [1.29, 1.82) is 0 Å². The molecule has 1 fully saturated rings. The number of aryl methyl sites for hydroxylation is 3. The van der Waals surface area contributed by atoms with Crippen molar-refractivity contribution in [2.75, 3.05) is 37.8 Å². The monoisotopic (exact) mass is 381 g/mol. The van der Waals surface area contributed by atoms with Gasteiger partial charge in [-0.25, -0.2) is 4.79 Å². The second kappa shape index (κ2) is 8.55. The van der Waals surface area contributed by atoms with Crippen molar-refractivity contribution in [3.8, 4) is 5.75 Å². The lowest BCUT2D eigenvalue weighted by Gasteiger charge is -2.37. The largest absolute Gasteiger partial charge is 0.473 e. The number of ether oxygens (including phenoxy) is 1. The predicted octanol–water partition coefficient (Wildman–Crippen LogP) is 4.10. The first-order valence-electron chi connectivity index (χ1n) is 9.92. The van der Waals surface area contributed by atoms with Crippen molar-refractivity contribution in [1.82, 2.24) is 10.2 Å². The van der Waals surface area contributed by atoms with Gasteiger partial charge in [-0.15, -0.1) is 0 Å². The number of carbonyl (C=O) groups is 1. The maximum absolute atomic E-state index is 12.5. The Morgan fingerprint density at radius 1 is 0.893 bits per heavy atom. The second-order valence-electron chi connectivity index (χ2n) is 7.62. The van der Waals surface area contributed by atoms with Crippen molar-refractivity contribution < 1.29 is 9.53 Å². The summed E-state index contributed by atoms with van der Waals surface area (Å²) in [5, 5.41) is 2.90. The first-order chi connectivity index (χ1) is 13.4. The summed E-state index contributed by atoms with van der Waals surface area (Å²) in [6, 6.07) is 10.5. The summed E-state index contributed by atoms with van der Waals surface area (Å²) in [7, 11) is 0. The molecule has 0 radical (unpaired) electrons. The van der Waals surface area contributed by atoms with Gasteiger partial charge in [0.1, 0.15) is 5.75 Å². The molecule has 2 aromatic rings. The van der Waals surface area contributed by atoms with E-state index in [1.807, 2.05) is 24.8 Å². The number of hydrogen-bond acceptors (Lipinski definition) is 3. The van der Waals surface area contributed by atoms with Gasteiger partial charge in [0, 0.05) is 31.9 Å². The molecule has 1 saturated heterocycles. The fraction of sp³-hybridized carbons (Fsp3) is 0.435. The average Bonchev–Trinajstić information content (AvgIpc) is 2.69. The molecule has 0 unspecified atom stereocenters. The van der Waals surface area contributed by atoms with Crippen LogP contribution in [0.3, 0.4) is 0 Å². The van der Waals surface area contributed by atoms with Crippen LogP contribution in [0, 0.1) is 34.6 Å². The van der Waals surface area contributed by atoms with Gasteiger partial charge in [0.2, 0.25) is 0 Å². The number of anilines is 1. The zero-order valence-corrected chi connectivity index (χ0v) is 17.6. The van der Waals surface area contributed by atoms with Crippen LogP contribution in [0.25, 0.3) is 0 Å². The summed E-state index contributed by atoms with van der Waals surface area (Å²) in [6.07, 6.45) is 0. The molecule has 3 rings (SSSR count). The molecule has 28 heavy (non-hydrogen) atoms. The molecule has 0 bridgehead atoms. The second-order valence-corrected chi connectivity index (χ2v) is 7.62. The highest BCUT2D eigenvalue weighted by molar-refractivity contribution is 5.74. The molecule has 1 aliphatic heterocycles. The van der Waals surface area contributed by atoms with Crippen molar-refractivity contribution in [3.05, 3.63) is 58.1 Å². The van der Waals surface area contributed by atoms with Crippen LogP contribution in [0.1, 0.15) is 27.8 Å². The molecule has 0 aliphatic carbocycles. The minimum absolute atomic E-state index is 0.0661. The molecule has 2 aromatic carbocycles. The van der Waals surface area contributed by atoms with Crippen molar-refractivity contribution in [2.24, 2.45) is 0 Å². The molecule has 0 spiro atoms. The molecule has 1 heterocycles. The molecule has 150 valence electrons. The third kappa shape index (κ3) is 4.24. The van der Waals surface area contributed by atoms with E-state index in [9.17, 15) is 4.79 Å². The lowest BCUT2D eigenvalue weighted by molar-refractivity contribution is 0.181. The summed E-state index contributed by atoms with van der Waals surface area (Å²) < 4.78 is 5.86. The zero-order chi connectivity index (χ0) is 20.3. The number of benzene rings is 2. The molecule has 5 heteroatoms. The molecular formula is C23H31N3O2. The van der Waals surface area contributed by atoms with Crippen LogP contribution in [0.15, 0.2) is 30.3 Å². The highest BCUT2D eigenvalue weighted by Gasteiger charge is 2.22. The standard InChI is InChI=1S/C23H31N3O2/c1-16-7-6-8-21(19(16)4)25-11-13-26(14-12-25)23(27)24-15-28-22-18(3)10-9-17(2)20(22)5/h6-10H,11-15H2,1-5H3,(H,24,27). The van der Waals surface area contributed by atoms with E-state index in [-0.39, 0.29) is 12.8 Å². The van der Waals surface area contributed by atoms with Crippen LogP contribution in [-0.2, 0) is 0 Å². The minimum Gasteiger partial charge on any atom is -0.473 e.